The molecule has 1 atom stereocenters. The van der Waals surface area contributed by atoms with Gasteiger partial charge in [-0.15, -0.1) is 0 Å². The predicted octanol–water partition coefficient (Wildman–Crippen LogP) is 1.21. The molecule has 19 heavy (non-hydrogen) atoms. The molecule has 1 aromatic heterocycles. The molecule has 0 aromatic carbocycles. The van der Waals surface area contributed by atoms with Crippen molar-refractivity contribution >= 4 is 23.3 Å². The number of amides is 2. The number of rotatable bonds is 2. The van der Waals surface area contributed by atoms with Gasteiger partial charge in [0.2, 0.25) is 0 Å². The maximum atomic E-state index is 12.1. The van der Waals surface area contributed by atoms with E-state index >= 15 is 0 Å². The first kappa shape index (κ1) is 14.0. The van der Waals surface area contributed by atoms with Crippen LogP contribution in [0.25, 0.3) is 0 Å². The van der Waals surface area contributed by atoms with Gasteiger partial charge < -0.3 is 20.1 Å². The van der Waals surface area contributed by atoms with E-state index in [4.69, 9.17) is 16.3 Å². The number of urea groups is 1. The van der Waals surface area contributed by atoms with Crippen LogP contribution in [0.5, 0.6) is 0 Å². The first-order valence-electron chi connectivity index (χ1n) is 6.05. The monoisotopic (exact) mass is 285 g/mol. The number of nitrogens with one attached hydrogen (secondary N) is 1. The smallest absolute Gasteiger partial charge is 0.322 e. The normalized spacial score (nSPS) is 19.9. The molecular formula is C12H16ClN3O3. The van der Waals surface area contributed by atoms with Gasteiger partial charge in [0.25, 0.3) is 0 Å². The summed E-state index contributed by atoms with van der Waals surface area (Å²) in [5, 5.41) is 12.1. The minimum atomic E-state index is -0.265. The van der Waals surface area contributed by atoms with Crippen LogP contribution in [0.4, 0.5) is 10.5 Å². The highest BCUT2D eigenvalue weighted by Crippen LogP contribution is 2.18. The quantitative estimate of drug-likeness (QED) is 0.801. The molecular weight excluding hydrogens is 270 g/mol. The summed E-state index contributed by atoms with van der Waals surface area (Å²) in [6.45, 7) is 1.87. The van der Waals surface area contributed by atoms with Gasteiger partial charge in [0.1, 0.15) is 0 Å². The lowest BCUT2D eigenvalue weighted by molar-refractivity contribution is 0.0958. The molecule has 6 nitrogen and oxygen atoms in total. The molecule has 0 aliphatic carbocycles. The molecule has 104 valence electrons. The van der Waals surface area contributed by atoms with E-state index in [1.165, 1.54) is 0 Å². The second kappa shape index (κ2) is 6.70. The molecule has 2 amide bonds. The number of aliphatic hydroxyl groups excluding tert-OH is 1. The van der Waals surface area contributed by atoms with Crippen LogP contribution >= 0.6 is 11.6 Å². The van der Waals surface area contributed by atoms with Crippen LogP contribution in [-0.2, 0) is 4.74 Å². The molecule has 7 heteroatoms. The molecule has 0 saturated carbocycles. The van der Waals surface area contributed by atoms with Gasteiger partial charge >= 0.3 is 6.03 Å². The van der Waals surface area contributed by atoms with Crippen molar-refractivity contribution in [2.24, 2.45) is 5.92 Å². The highest BCUT2D eigenvalue weighted by molar-refractivity contribution is 6.32. The molecule has 2 N–H and O–H groups in total. The lowest BCUT2D eigenvalue weighted by Gasteiger charge is -2.23. The van der Waals surface area contributed by atoms with E-state index in [1.54, 1.807) is 23.2 Å². The molecule has 0 radical (unpaired) electrons. The highest BCUT2D eigenvalue weighted by atomic mass is 35.5. The van der Waals surface area contributed by atoms with Gasteiger partial charge in [-0.05, 0) is 12.1 Å². The van der Waals surface area contributed by atoms with E-state index in [-0.39, 0.29) is 23.7 Å². The lowest BCUT2D eigenvalue weighted by Crippen LogP contribution is -2.39. The third kappa shape index (κ3) is 3.79. The number of anilines is 1. The molecule has 2 rings (SSSR count). The summed E-state index contributed by atoms with van der Waals surface area (Å²) >= 11 is 5.89. The Morgan fingerprint density at radius 3 is 3.26 bits per heavy atom. The molecule has 1 aliphatic heterocycles. The van der Waals surface area contributed by atoms with Crippen molar-refractivity contribution < 1.29 is 14.6 Å². The van der Waals surface area contributed by atoms with E-state index < -0.39 is 0 Å². The van der Waals surface area contributed by atoms with Crippen LogP contribution < -0.4 is 5.32 Å². The van der Waals surface area contributed by atoms with Crippen LogP contribution in [0, 0.1) is 5.92 Å². The molecule has 1 fully saturated rings. The Kier molecular flexibility index (Phi) is 4.95. The lowest BCUT2D eigenvalue weighted by atomic mass is 10.2. The van der Waals surface area contributed by atoms with E-state index in [1.807, 2.05) is 0 Å². The number of aromatic nitrogens is 1. The van der Waals surface area contributed by atoms with Crippen LogP contribution in [0.2, 0.25) is 5.15 Å². The maximum Gasteiger partial charge on any atom is 0.322 e. The number of halogens is 1. The van der Waals surface area contributed by atoms with Crippen molar-refractivity contribution in [2.45, 2.75) is 0 Å². The highest BCUT2D eigenvalue weighted by Gasteiger charge is 2.22. The fraction of sp³-hybridized carbons (Fsp3) is 0.500. The van der Waals surface area contributed by atoms with Gasteiger partial charge in [-0.2, -0.15) is 0 Å². The fourth-order valence-corrected chi connectivity index (χ4v) is 2.02. The SMILES string of the molecule is O=C(Nc1cccnc1Cl)N1CCOCC(CO)C1. The maximum absolute atomic E-state index is 12.1. The summed E-state index contributed by atoms with van der Waals surface area (Å²) in [4.78, 5) is 17.6. The van der Waals surface area contributed by atoms with Crippen molar-refractivity contribution in [3.8, 4) is 0 Å². The molecule has 2 heterocycles. The first-order chi connectivity index (χ1) is 9.20. The number of hydrogen-bond donors (Lipinski definition) is 2. The topological polar surface area (TPSA) is 74.7 Å². The molecule has 1 aromatic rings. The molecule has 1 saturated heterocycles. The summed E-state index contributed by atoms with van der Waals surface area (Å²) in [6.07, 6.45) is 1.56. The Morgan fingerprint density at radius 2 is 2.53 bits per heavy atom. The molecule has 1 unspecified atom stereocenters. The summed E-state index contributed by atoms with van der Waals surface area (Å²) in [5.41, 5.74) is 0.472. The van der Waals surface area contributed by atoms with E-state index in [9.17, 15) is 9.90 Å². The van der Waals surface area contributed by atoms with Crippen molar-refractivity contribution in [1.82, 2.24) is 9.88 Å². The number of pyridine rings is 1. The third-order valence-corrected chi connectivity index (χ3v) is 3.18. The zero-order valence-corrected chi connectivity index (χ0v) is 11.1. The van der Waals surface area contributed by atoms with Gasteiger partial charge in [0, 0.05) is 31.8 Å². The number of nitrogens with zero attached hydrogens (tertiary/aromatic N) is 2. The average Bonchev–Trinajstić information content (AvgIpc) is 2.66. The van der Waals surface area contributed by atoms with Crippen LogP contribution in [0.1, 0.15) is 0 Å². The van der Waals surface area contributed by atoms with E-state index in [2.05, 4.69) is 10.3 Å². The molecule has 0 bridgehead atoms. The zero-order valence-electron chi connectivity index (χ0n) is 10.4. The molecule has 0 spiro atoms. The van der Waals surface area contributed by atoms with Crippen molar-refractivity contribution in [3.05, 3.63) is 23.5 Å². The third-order valence-electron chi connectivity index (χ3n) is 2.88. The summed E-state index contributed by atoms with van der Waals surface area (Å²) < 4.78 is 5.33. The Balaban J connectivity index is 2.00. The van der Waals surface area contributed by atoms with Crippen molar-refractivity contribution in [2.75, 3.05) is 38.2 Å². The Labute approximate surface area is 116 Å². The summed E-state index contributed by atoms with van der Waals surface area (Å²) in [7, 11) is 0. The van der Waals surface area contributed by atoms with Gasteiger partial charge in [0.15, 0.2) is 5.15 Å². The molecule has 1 aliphatic rings. The zero-order chi connectivity index (χ0) is 13.7. The van der Waals surface area contributed by atoms with Gasteiger partial charge in [-0.1, -0.05) is 11.6 Å². The van der Waals surface area contributed by atoms with Gasteiger partial charge in [-0.25, -0.2) is 9.78 Å². The minimum absolute atomic E-state index is 0.00255. The number of carbonyl (C=O) groups excluding carboxylic acids is 1. The van der Waals surface area contributed by atoms with Crippen LogP contribution in [0.15, 0.2) is 18.3 Å². The van der Waals surface area contributed by atoms with Gasteiger partial charge in [0.05, 0.1) is 18.9 Å². The summed E-state index contributed by atoms with van der Waals surface area (Å²) in [6, 6.07) is 3.12. The van der Waals surface area contributed by atoms with Crippen molar-refractivity contribution in [3.63, 3.8) is 0 Å². The fourth-order valence-electron chi connectivity index (χ4n) is 1.85. The standard InChI is InChI=1S/C12H16ClN3O3/c13-11-10(2-1-3-14-11)15-12(18)16-4-5-19-8-9(6-16)7-17/h1-3,9,17H,4-8H2,(H,15,18). The predicted molar refractivity (Wildman–Crippen MR) is 71.2 cm³/mol. The largest absolute Gasteiger partial charge is 0.396 e. The second-order valence-corrected chi connectivity index (χ2v) is 4.70. The average molecular weight is 286 g/mol. The van der Waals surface area contributed by atoms with E-state index in [0.29, 0.717) is 32.0 Å². The first-order valence-corrected chi connectivity index (χ1v) is 6.43. The Morgan fingerprint density at radius 1 is 1.68 bits per heavy atom. The van der Waals surface area contributed by atoms with Crippen LogP contribution in [-0.4, -0.2) is 53.9 Å². The van der Waals surface area contributed by atoms with Crippen LogP contribution in [0.3, 0.4) is 0 Å². The van der Waals surface area contributed by atoms with Gasteiger partial charge in [-0.3, -0.25) is 0 Å². The second-order valence-electron chi connectivity index (χ2n) is 4.34. The number of carbonyl (C=O) groups is 1. The Bertz CT molecular complexity index is 444. The van der Waals surface area contributed by atoms with Crippen molar-refractivity contribution in [1.29, 1.82) is 0 Å². The van der Waals surface area contributed by atoms with E-state index in [0.717, 1.165) is 0 Å². The number of ether oxygens (including phenoxy) is 1. The Hall–Kier alpha value is -1.37. The number of hydrogen-bond acceptors (Lipinski definition) is 4. The number of aliphatic hydroxyl groups is 1. The minimum Gasteiger partial charge on any atom is -0.396 e. The summed E-state index contributed by atoms with van der Waals surface area (Å²) in [5.74, 6) is -0.0578.